The summed E-state index contributed by atoms with van der Waals surface area (Å²) in [5.74, 6) is 0. The summed E-state index contributed by atoms with van der Waals surface area (Å²) in [5, 5.41) is 3.54. The van der Waals surface area contributed by atoms with Crippen LogP contribution in [0.5, 0.6) is 0 Å². The van der Waals surface area contributed by atoms with Crippen LogP contribution in [-0.4, -0.2) is 73.9 Å². The van der Waals surface area contributed by atoms with E-state index in [1.54, 1.807) is 0 Å². The van der Waals surface area contributed by atoms with Gasteiger partial charge in [-0.25, -0.2) is 0 Å². The Labute approximate surface area is 130 Å². The highest BCUT2D eigenvalue weighted by atomic mass is 16.5. The molecule has 3 fully saturated rings. The van der Waals surface area contributed by atoms with Crippen molar-refractivity contribution in [3.8, 4) is 0 Å². The Morgan fingerprint density at radius 2 is 2.00 bits per heavy atom. The van der Waals surface area contributed by atoms with Gasteiger partial charge in [-0.05, 0) is 51.6 Å². The van der Waals surface area contributed by atoms with Gasteiger partial charge in [0.15, 0.2) is 0 Å². The molecule has 4 unspecified atom stereocenters. The molecule has 4 atom stereocenters. The summed E-state index contributed by atoms with van der Waals surface area (Å²) in [7, 11) is 0. The molecule has 0 aliphatic carbocycles. The number of nitrogens with zero attached hydrogens (tertiary/aromatic N) is 2. The number of rotatable bonds is 4. The summed E-state index contributed by atoms with van der Waals surface area (Å²) in [6.07, 6.45) is 4.87. The molecule has 3 rings (SSSR count). The highest BCUT2D eigenvalue weighted by molar-refractivity contribution is 4.92. The minimum absolute atomic E-state index is 0.389. The zero-order valence-corrected chi connectivity index (χ0v) is 14.1. The molecule has 3 saturated heterocycles. The van der Waals surface area contributed by atoms with E-state index >= 15 is 0 Å². The van der Waals surface area contributed by atoms with Crippen molar-refractivity contribution in [2.24, 2.45) is 5.41 Å². The third-order valence-electron chi connectivity index (χ3n) is 5.51. The Morgan fingerprint density at radius 3 is 2.67 bits per heavy atom. The van der Waals surface area contributed by atoms with Gasteiger partial charge in [0, 0.05) is 38.8 Å². The molecule has 0 amide bonds. The average molecular weight is 295 g/mol. The van der Waals surface area contributed by atoms with Gasteiger partial charge in [-0.2, -0.15) is 0 Å². The van der Waals surface area contributed by atoms with Crippen LogP contribution < -0.4 is 5.32 Å². The maximum atomic E-state index is 5.87. The number of hydrogen-bond acceptors (Lipinski definition) is 4. The lowest BCUT2D eigenvalue weighted by molar-refractivity contribution is -0.0728. The van der Waals surface area contributed by atoms with Gasteiger partial charge in [-0.15, -0.1) is 0 Å². The van der Waals surface area contributed by atoms with E-state index in [0.717, 1.165) is 19.1 Å². The molecule has 0 spiro atoms. The smallest absolute Gasteiger partial charge is 0.0678 e. The van der Waals surface area contributed by atoms with E-state index in [0.29, 0.717) is 17.6 Å². The van der Waals surface area contributed by atoms with Crippen molar-refractivity contribution in [2.75, 3.05) is 45.8 Å². The van der Waals surface area contributed by atoms with Gasteiger partial charge in [0.2, 0.25) is 0 Å². The van der Waals surface area contributed by atoms with Gasteiger partial charge >= 0.3 is 0 Å². The summed E-state index contributed by atoms with van der Waals surface area (Å²) in [6.45, 7) is 15.3. The van der Waals surface area contributed by atoms with E-state index < -0.39 is 0 Å². The second-order valence-corrected chi connectivity index (χ2v) is 7.98. The maximum Gasteiger partial charge on any atom is 0.0678 e. The Bertz CT molecular complexity index is 333. The molecule has 0 bridgehead atoms. The molecule has 0 radical (unpaired) electrons. The lowest BCUT2D eigenvalue weighted by Crippen LogP contribution is -2.51. The van der Waals surface area contributed by atoms with Crippen LogP contribution in [0.4, 0.5) is 0 Å². The molecule has 0 saturated carbocycles. The minimum atomic E-state index is 0.389. The van der Waals surface area contributed by atoms with Gasteiger partial charge in [0.05, 0.1) is 12.2 Å². The second kappa shape index (κ2) is 6.53. The second-order valence-electron chi connectivity index (χ2n) is 7.98. The van der Waals surface area contributed by atoms with E-state index in [-0.39, 0.29) is 0 Å². The highest BCUT2D eigenvalue weighted by Gasteiger charge is 2.36. The summed E-state index contributed by atoms with van der Waals surface area (Å²) in [6, 6.07) is 0.764. The van der Waals surface area contributed by atoms with Gasteiger partial charge < -0.3 is 10.1 Å². The fraction of sp³-hybridized carbons (Fsp3) is 1.00. The minimum Gasteiger partial charge on any atom is -0.373 e. The molecular formula is C17H33N3O. The van der Waals surface area contributed by atoms with Gasteiger partial charge in [-0.1, -0.05) is 6.92 Å². The highest BCUT2D eigenvalue weighted by Crippen LogP contribution is 2.30. The van der Waals surface area contributed by atoms with Crippen LogP contribution >= 0.6 is 0 Å². The fourth-order valence-electron chi connectivity index (χ4n) is 4.54. The maximum absolute atomic E-state index is 5.87. The molecule has 4 nitrogen and oxygen atoms in total. The van der Waals surface area contributed by atoms with E-state index in [1.165, 1.54) is 52.0 Å². The van der Waals surface area contributed by atoms with Crippen LogP contribution in [0.3, 0.4) is 0 Å². The van der Waals surface area contributed by atoms with Crippen molar-refractivity contribution < 1.29 is 4.74 Å². The van der Waals surface area contributed by atoms with Crippen molar-refractivity contribution in [1.29, 1.82) is 0 Å². The first-order valence-electron chi connectivity index (χ1n) is 8.87. The van der Waals surface area contributed by atoms with Crippen LogP contribution in [0, 0.1) is 5.41 Å². The Balaban J connectivity index is 1.54. The van der Waals surface area contributed by atoms with E-state index in [4.69, 9.17) is 4.74 Å². The van der Waals surface area contributed by atoms with E-state index in [2.05, 4.69) is 35.9 Å². The Kier molecular flexibility index (Phi) is 4.89. The largest absolute Gasteiger partial charge is 0.373 e. The molecule has 0 aromatic carbocycles. The van der Waals surface area contributed by atoms with Crippen molar-refractivity contribution in [3.63, 3.8) is 0 Å². The molecule has 0 aromatic rings. The van der Waals surface area contributed by atoms with Crippen molar-refractivity contribution in [3.05, 3.63) is 0 Å². The third kappa shape index (κ3) is 3.98. The fourth-order valence-corrected chi connectivity index (χ4v) is 4.54. The van der Waals surface area contributed by atoms with Crippen LogP contribution in [0.15, 0.2) is 0 Å². The number of nitrogens with one attached hydrogen (secondary N) is 1. The molecule has 3 aliphatic rings. The summed E-state index contributed by atoms with van der Waals surface area (Å²) in [5.41, 5.74) is 0.494. The quantitative estimate of drug-likeness (QED) is 0.852. The van der Waals surface area contributed by atoms with E-state index in [1.807, 2.05) is 0 Å². The predicted octanol–water partition coefficient (Wildman–Crippen LogP) is 1.56. The molecule has 3 aliphatic heterocycles. The first-order valence-corrected chi connectivity index (χ1v) is 8.87. The number of likely N-dealkylation sites (tertiary alicyclic amines) is 1. The normalized spacial score (nSPS) is 42.7. The zero-order valence-electron chi connectivity index (χ0n) is 14.1. The average Bonchev–Trinajstić information content (AvgIpc) is 2.99. The molecule has 1 N–H and O–H groups in total. The molecule has 21 heavy (non-hydrogen) atoms. The molecule has 122 valence electrons. The first-order chi connectivity index (χ1) is 10.0. The number of ether oxygens (including phenoxy) is 1. The van der Waals surface area contributed by atoms with Crippen molar-refractivity contribution in [1.82, 2.24) is 15.1 Å². The number of hydrogen-bond donors (Lipinski definition) is 1. The van der Waals surface area contributed by atoms with Gasteiger partial charge in [-0.3, -0.25) is 9.80 Å². The van der Waals surface area contributed by atoms with E-state index in [9.17, 15) is 0 Å². The Hall–Kier alpha value is -0.160. The van der Waals surface area contributed by atoms with Crippen LogP contribution in [0.2, 0.25) is 0 Å². The zero-order chi connectivity index (χ0) is 14.9. The summed E-state index contributed by atoms with van der Waals surface area (Å²) < 4.78 is 5.87. The van der Waals surface area contributed by atoms with Crippen LogP contribution in [-0.2, 0) is 4.74 Å². The molecule has 4 heteroatoms. The standard InChI is InChI=1S/C17H33N3O/c1-14-9-19(10-15(2)21-14)11-16-5-4-8-20(16)13-17(3)6-7-18-12-17/h14-16,18H,4-13H2,1-3H3. The van der Waals surface area contributed by atoms with Gasteiger partial charge in [0.1, 0.15) is 0 Å². The lowest BCUT2D eigenvalue weighted by atomic mass is 9.89. The first kappa shape index (κ1) is 15.7. The summed E-state index contributed by atoms with van der Waals surface area (Å²) >= 11 is 0. The summed E-state index contributed by atoms with van der Waals surface area (Å²) in [4.78, 5) is 5.41. The third-order valence-corrected chi connectivity index (χ3v) is 5.51. The van der Waals surface area contributed by atoms with Crippen LogP contribution in [0.25, 0.3) is 0 Å². The monoisotopic (exact) mass is 295 g/mol. The molecule has 3 heterocycles. The molecular weight excluding hydrogens is 262 g/mol. The lowest BCUT2D eigenvalue weighted by Gasteiger charge is -2.39. The number of morpholine rings is 1. The Morgan fingerprint density at radius 1 is 1.24 bits per heavy atom. The van der Waals surface area contributed by atoms with Crippen LogP contribution in [0.1, 0.15) is 40.0 Å². The topological polar surface area (TPSA) is 27.7 Å². The predicted molar refractivity (Wildman–Crippen MR) is 86.6 cm³/mol. The van der Waals surface area contributed by atoms with Crippen molar-refractivity contribution in [2.45, 2.75) is 58.3 Å². The molecule has 0 aromatic heterocycles. The van der Waals surface area contributed by atoms with Crippen molar-refractivity contribution >= 4 is 0 Å². The SMILES string of the molecule is CC1CN(CC2CCCN2CC2(C)CCNC2)CC(C)O1. The van der Waals surface area contributed by atoms with Gasteiger partial charge in [0.25, 0.3) is 0 Å².